The molecule has 1 atom stereocenters. The first kappa shape index (κ1) is 17.2. The van der Waals surface area contributed by atoms with Crippen LogP contribution in [0.5, 0.6) is 0 Å². The van der Waals surface area contributed by atoms with Gasteiger partial charge in [0.05, 0.1) is 12.2 Å². The maximum Gasteiger partial charge on any atom is 0.416 e. The molecule has 0 aromatic heterocycles. The van der Waals surface area contributed by atoms with E-state index in [2.05, 4.69) is 0 Å². The van der Waals surface area contributed by atoms with Crippen molar-refractivity contribution in [3.63, 3.8) is 0 Å². The van der Waals surface area contributed by atoms with Crippen molar-refractivity contribution >= 4 is 0 Å². The molecule has 0 bridgehead atoms. The second kappa shape index (κ2) is 6.96. The first-order valence-corrected chi connectivity index (χ1v) is 7.51. The maximum absolute atomic E-state index is 13.2. The number of hydrogen-bond acceptors (Lipinski definition) is 2. The van der Waals surface area contributed by atoms with Crippen LogP contribution in [-0.2, 0) is 12.7 Å². The molecule has 1 N–H and O–H groups in total. The molecule has 2 nitrogen and oxygen atoms in total. The Kier molecular flexibility index (Phi) is 5.45. The van der Waals surface area contributed by atoms with Crippen LogP contribution in [0, 0.1) is 11.7 Å². The van der Waals surface area contributed by atoms with Crippen molar-refractivity contribution in [3.05, 3.63) is 35.1 Å². The average Bonchev–Trinajstić information content (AvgIpc) is 2.40. The summed E-state index contributed by atoms with van der Waals surface area (Å²) in [5, 5.41) is 9.34. The van der Waals surface area contributed by atoms with Gasteiger partial charge in [-0.15, -0.1) is 0 Å². The smallest absolute Gasteiger partial charge is 0.395 e. The van der Waals surface area contributed by atoms with Crippen molar-refractivity contribution in [1.29, 1.82) is 0 Å². The highest BCUT2D eigenvalue weighted by Gasteiger charge is 2.34. The van der Waals surface area contributed by atoms with Crippen molar-refractivity contribution in [2.45, 2.75) is 44.9 Å². The summed E-state index contributed by atoms with van der Waals surface area (Å²) in [6, 6.07) is 2.55. The Balaban J connectivity index is 2.21. The molecular formula is C16H21F4NO. The number of aliphatic hydroxyl groups excluding tert-OH is 1. The molecule has 124 valence electrons. The third-order valence-electron chi connectivity index (χ3n) is 4.36. The van der Waals surface area contributed by atoms with Crippen molar-refractivity contribution < 1.29 is 22.7 Å². The lowest BCUT2D eigenvalue weighted by atomic mass is 9.84. The van der Waals surface area contributed by atoms with Crippen LogP contribution in [0.4, 0.5) is 17.6 Å². The highest BCUT2D eigenvalue weighted by atomic mass is 19.4. The van der Waals surface area contributed by atoms with Crippen LogP contribution >= 0.6 is 0 Å². The minimum atomic E-state index is -4.58. The Labute approximate surface area is 127 Å². The van der Waals surface area contributed by atoms with Crippen LogP contribution in [0.1, 0.15) is 37.3 Å². The minimum absolute atomic E-state index is 0.0496. The third kappa shape index (κ3) is 4.20. The highest BCUT2D eigenvalue weighted by Crippen LogP contribution is 2.34. The molecule has 1 aliphatic carbocycles. The Morgan fingerprint density at radius 2 is 2.00 bits per heavy atom. The molecule has 1 saturated carbocycles. The molecule has 0 amide bonds. The Hall–Kier alpha value is -1.14. The molecule has 0 unspecified atom stereocenters. The fourth-order valence-electron chi connectivity index (χ4n) is 2.69. The zero-order chi connectivity index (χ0) is 16.3. The molecule has 0 saturated heterocycles. The molecule has 0 aliphatic heterocycles. The Bertz CT molecular complexity index is 499. The molecule has 0 heterocycles. The molecule has 0 radical (unpaired) electrons. The molecule has 22 heavy (non-hydrogen) atoms. The van der Waals surface area contributed by atoms with Crippen LogP contribution in [0.2, 0.25) is 0 Å². The lowest BCUT2D eigenvalue weighted by molar-refractivity contribution is -0.138. The van der Waals surface area contributed by atoms with Gasteiger partial charge >= 0.3 is 6.18 Å². The summed E-state index contributed by atoms with van der Waals surface area (Å²) in [7, 11) is 0. The quantitative estimate of drug-likeness (QED) is 0.806. The average molecular weight is 319 g/mol. The first-order chi connectivity index (χ1) is 10.3. The van der Waals surface area contributed by atoms with E-state index in [1.807, 2.05) is 4.90 Å². The van der Waals surface area contributed by atoms with E-state index >= 15 is 0 Å². The SMILES string of the molecule is C[C@@H](CO)N(Cc1ccc(F)cc1C(F)(F)F)CC1CCC1. The van der Waals surface area contributed by atoms with E-state index in [-0.39, 0.29) is 24.8 Å². The number of aliphatic hydroxyl groups is 1. The van der Waals surface area contributed by atoms with Crippen molar-refractivity contribution in [2.75, 3.05) is 13.2 Å². The van der Waals surface area contributed by atoms with Gasteiger partial charge < -0.3 is 5.11 Å². The van der Waals surface area contributed by atoms with E-state index in [1.54, 1.807) is 6.92 Å². The van der Waals surface area contributed by atoms with Gasteiger partial charge in [-0.1, -0.05) is 12.5 Å². The van der Waals surface area contributed by atoms with Gasteiger partial charge in [-0.3, -0.25) is 4.90 Å². The molecule has 1 fully saturated rings. The Morgan fingerprint density at radius 1 is 1.32 bits per heavy atom. The Morgan fingerprint density at radius 3 is 2.50 bits per heavy atom. The van der Waals surface area contributed by atoms with Crippen molar-refractivity contribution in [1.82, 2.24) is 4.90 Å². The molecule has 2 rings (SSSR count). The number of benzene rings is 1. The van der Waals surface area contributed by atoms with Crippen LogP contribution < -0.4 is 0 Å². The van der Waals surface area contributed by atoms with Gasteiger partial charge in [0.2, 0.25) is 0 Å². The summed E-state index contributed by atoms with van der Waals surface area (Å²) >= 11 is 0. The summed E-state index contributed by atoms with van der Waals surface area (Å²) in [4.78, 5) is 1.85. The normalized spacial score (nSPS) is 17.6. The monoisotopic (exact) mass is 319 g/mol. The van der Waals surface area contributed by atoms with E-state index in [0.29, 0.717) is 18.5 Å². The zero-order valence-electron chi connectivity index (χ0n) is 12.5. The molecule has 1 aliphatic rings. The second-order valence-electron chi connectivity index (χ2n) is 6.06. The van der Waals surface area contributed by atoms with Crippen molar-refractivity contribution in [2.24, 2.45) is 5.92 Å². The van der Waals surface area contributed by atoms with Gasteiger partial charge in [-0.05, 0) is 43.4 Å². The summed E-state index contributed by atoms with van der Waals surface area (Å²) < 4.78 is 52.4. The number of rotatable bonds is 6. The summed E-state index contributed by atoms with van der Waals surface area (Å²) in [6.07, 6.45) is -1.28. The van der Waals surface area contributed by atoms with Crippen molar-refractivity contribution in [3.8, 4) is 0 Å². The van der Waals surface area contributed by atoms with Gasteiger partial charge in [-0.25, -0.2) is 4.39 Å². The minimum Gasteiger partial charge on any atom is -0.395 e. The maximum atomic E-state index is 13.2. The fraction of sp³-hybridized carbons (Fsp3) is 0.625. The lowest BCUT2D eigenvalue weighted by Gasteiger charge is -2.35. The topological polar surface area (TPSA) is 23.5 Å². The van der Waals surface area contributed by atoms with E-state index < -0.39 is 17.6 Å². The van der Waals surface area contributed by atoms with Crippen LogP contribution in [0.25, 0.3) is 0 Å². The largest absolute Gasteiger partial charge is 0.416 e. The van der Waals surface area contributed by atoms with E-state index in [1.165, 1.54) is 6.07 Å². The predicted octanol–water partition coefficient (Wildman–Crippen LogP) is 3.83. The zero-order valence-corrected chi connectivity index (χ0v) is 12.5. The predicted molar refractivity (Wildman–Crippen MR) is 75.7 cm³/mol. The number of nitrogens with zero attached hydrogens (tertiary/aromatic N) is 1. The van der Waals surface area contributed by atoms with Gasteiger partial charge in [0, 0.05) is 19.1 Å². The number of alkyl halides is 3. The highest BCUT2D eigenvalue weighted by molar-refractivity contribution is 5.30. The van der Waals surface area contributed by atoms with E-state index in [9.17, 15) is 22.7 Å². The third-order valence-corrected chi connectivity index (χ3v) is 4.36. The summed E-state index contributed by atoms with van der Waals surface area (Å²) in [5.74, 6) is -0.416. The van der Waals surface area contributed by atoms with E-state index in [4.69, 9.17) is 0 Å². The van der Waals surface area contributed by atoms with Gasteiger partial charge in [-0.2, -0.15) is 13.2 Å². The van der Waals surface area contributed by atoms with Crippen LogP contribution in [0.3, 0.4) is 0 Å². The van der Waals surface area contributed by atoms with Gasteiger partial charge in [0.1, 0.15) is 5.82 Å². The lowest BCUT2D eigenvalue weighted by Crippen LogP contribution is -2.40. The van der Waals surface area contributed by atoms with E-state index in [0.717, 1.165) is 25.3 Å². The molecular weight excluding hydrogens is 298 g/mol. The fourth-order valence-corrected chi connectivity index (χ4v) is 2.69. The molecule has 0 spiro atoms. The molecule has 1 aromatic rings. The van der Waals surface area contributed by atoms with Crippen LogP contribution in [0.15, 0.2) is 18.2 Å². The van der Waals surface area contributed by atoms with Crippen LogP contribution in [-0.4, -0.2) is 29.2 Å². The number of halogens is 4. The summed E-state index contributed by atoms with van der Waals surface area (Å²) in [5.41, 5.74) is -0.884. The summed E-state index contributed by atoms with van der Waals surface area (Å²) in [6.45, 7) is 2.40. The van der Waals surface area contributed by atoms with Gasteiger partial charge in [0.15, 0.2) is 0 Å². The molecule has 1 aromatic carbocycles. The number of hydrogen-bond donors (Lipinski definition) is 1. The molecule has 6 heteroatoms. The first-order valence-electron chi connectivity index (χ1n) is 7.51. The second-order valence-corrected chi connectivity index (χ2v) is 6.06. The van der Waals surface area contributed by atoms with Gasteiger partial charge in [0.25, 0.3) is 0 Å². The standard InChI is InChI=1S/C16H21F4NO/c1-11(10-22)21(8-12-3-2-4-12)9-13-5-6-14(17)7-15(13)16(18,19)20/h5-7,11-12,22H,2-4,8-10H2,1H3/t11-/m0/s1.